The van der Waals surface area contributed by atoms with Crippen molar-refractivity contribution in [3.63, 3.8) is 0 Å². The first kappa shape index (κ1) is 19.9. The van der Waals surface area contributed by atoms with Gasteiger partial charge in [0.05, 0.1) is 11.4 Å². The number of halogens is 1. The van der Waals surface area contributed by atoms with Gasteiger partial charge in [-0.15, -0.1) is 0 Å². The molecule has 1 aromatic carbocycles. The Bertz CT molecular complexity index is 920. The fraction of sp³-hybridized carbons (Fsp3) is 0.250. The zero-order valence-electron chi connectivity index (χ0n) is 15.9. The van der Waals surface area contributed by atoms with Gasteiger partial charge in [-0.25, -0.2) is 4.98 Å². The van der Waals surface area contributed by atoms with E-state index < -0.39 is 0 Å². The van der Waals surface area contributed by atoms with Crippen molar-refractivity contribution in [1.82, 2.24) is 19.9 Å². The summed E-state index contributed by atoms with van der Waals surface area (Å²) in [5.41, 5.74) is 2.15. The van der Waals surface area contributed by atoms with Crippen molar-refractivity contribution >= 4 is 29.1 Å². The quantitative estimate of drug-likeness (QED) is 0.390. The SMILES string of the molecule is CN(C)CCCNc1nc(Nc2cc(Cl)ccc2O)cc(-c2ccncc2)n1. The van der Waals surface area contributed by atoms with Crippen molar-refractivity contribution < 1.29 is 5.11 Å². The topological polar surface area (TPSA) is 86.2 Å². The Morgan fingerprint density at radius 2 is 1.86 bits per heavy atom. The molecule has 3 N–H and O–H groups in total. The van der Waals surface area contributed by atoms with Gasteiger partial charge in [0.25, 0.3) is 0 Å². The highest BCUT2D eigenvalue weighted by Crippen LogP contribution is 2.30. The lowest BCUT2D eigenvalue weighted by Gasteiger charge is -2.13. The number of rotatable bonds is 8. The van der Waals surface area contributed by atoms with Crippen LogP contribution in [0.15, 0.2) is 48.8 Å². The Hall–Kier alpha value is -2.90. The molecule has 0 amide bonds. The summed E-state index contributed by atoms with van der Waals surface area (Å²) in [5.74, 6) is 1.15. The number of phenolic OH excluding ortho intramolecular Hbond substituents is 1. The largest absolute Gasteiger partial charge is 0.506 e. The number of benzene rings is 1. The van der Waals surface area contributed by atoms with Crippen molar-refractivity contribution in [3.8, 4) is 17.0 Å². The van der Waals surface area contributed by atoms with Crippen molar-refractivity contribution in [2.75, 3.05) is 37.8 Å². The minimum atomic E-state index is 0.0916. The molecular weight excluding hydrogens is 376 g/mol. The number of phenols is 1. The van der Waals surface area contributed by atoms with Gasteiger partial charge in [-0.1, -0.05) is 11.6 Å². The molecule has 0 aliphatic carbocycles. The Kier molecular flexibility index (Phi) is 6.62. The van der Waals surface area contributed by atoms with Crippen LogP contribution >= 0.6 is 11.6 Å². The van der Waals surface area contributed by atoms with E-state index in [2.05, 4.69) is 30.5 Å². The average molecular weight is 399 g/mol. The lowest BCUT2D eigenvalue weighted by atomic mass is 10.2. The fourth-order valence-electron chi connectivity index (χ4n) is 2.60. The smallest absolute Gasteiger partial charge is 0.225 e. The predicted octanol–water partition coefficient (Wildman–Crippen LogP) is 4.00. The maximum Gasteiger partial charge on any atom is 0.225 e. The van der Waals surface area contributed by atoms with Crippen LogP contribution in [0.1, 0.15) is 6.42 Å². The summed E-state index contributed by atoms with van der Waals surface area (Å²) in [6.45, 7) is 1.72. The van der Waals surface area contributed by atoms with E-state index in [9.17, 15) is 5.11 Å². The lowest BCUT2D eigenvalue weighted by molar-refractivity contribution is 0.405. The van der Waals surface area contributed by atoms with Crippen LogP contribution in [0, 0.1) is 0 Å². The monoisotopic (exact) mass is 398 g/mol. The normalized spacial score (nSPS) is 10.9. The number of hydrogen-bond acceptors (Lipinski definition) is 7. The Labute approximate surface area is 169 Å². The number of aromatic nitrogens is 3. The molecule has 28 heavy (non-hydrogen) atoms. The van der Waals surface area contributed by atoms with Gasteiger partial charge < -0.3 is 20.6 Å². The van der Waals surface area contributed by atoms with Gasteiger partial charge in [0.2, 0.25) is 5.95 Å². The molecule has 0 fully saturated rings. The maximum absolute atomic E-state index is 10.1. The second-order valence-electron chi connectivity index (χ2n) is 6.57. The average Bonchev–Trinajstić information content (AvgIpc) is 2.68. The van der Waals surface area contributed by atoms with Gasteiger partial charge in [-0.2, -0.15) is 4.98 Å². The molecular formula is C20H23ClN6O. The first-order valence-electron chi connectivity index (χ1n) is 8.95. The van der Waals surface area contributed by atoms with Crippen LogP contribution in [0.2, 0.25) is 5.02 Å². The molecule has 0 atom stereocenters. The van der Waals surface area contributed by atoms with Crippen LogP contribution < -0.4 is 10.6 Å². The van der Waals surface area contributed by atoms with E-state index in [1.165, 1.54) is 6.07 Å². The molecule has 0 bridgehead atoms. The summed E-state index contributed by atoms with van der Waals surface area (Å²) >= 11 is 6.04. The van der Waals surface area contributed by atoms with Crippen molar-refractivity contribution in [1.29, 1.82) is 0 Å². The van der Waals surface area contributed by atoms with E-state index in [-0.39, 0.29) is 5.75 Å². The van der Waals surface area contributed by atoms with Gasteiger partial charge in [0.15, 0.2) is 0 Å². The van der Waals surface area contributed by atoms with E-state index in [0.29, 0.717) is 22.5 Å². The summed E-state index contributed by atoms with van der Waals surface area (Å²) in [4.78, 5) is 15.3. The van der Waals surface area contributed by atoms with Crippen LogP contribution in [-0.2, 0) is 0 Å². The third-order valence-corrected chi connectivity index (χ3v) is 4.22. The highest BCUT2D eigenvalue weighted by atomic mass is 35.5. The lowest BCUT2D eigenvalue weighted by Crippen LogP contribution is -2.17. The molecule has 7 nitrogen and oxygen atoms in total. The maximum atomic E-state index is 10.1. The van der Waals surface area contributed by atoms with Crippen molar-refractivity contribution in [2.45, 2.75) is 6.42 Å². The molecule has 3 rings (SSSR count). The van der Waals surface area contributed by atoms with Crippen molar-refractivity contribution in [3.05, 3.63) is 53.8 Å². The second kappa shape index (κ2) is 9.34. The van der Waals surface area contributed by atoms with E-state index >= 15 is 0 Å². The number of pyridine rings is 1. The number of anilines is 3. The molecule has 0 spiro atoms. The van der Waals surface area contributed by atoms with Crippen LogP contribution in [0.4, 0.5) is 17.5 Å². The van der Waals surface area contributed by atoms with Crippen LogP contribution in [0.5, 0.6) is 5.75 Å². The highest BCUT2D eigenvalue weighted by Gasteiger charge is 2.09. The molecule has 2 aromatic heterocycles. The molecule has 0 saturated heterocycles. The molecule has 0 aliphatic heterocycles. The molecule has 146 valence electrons. The third-order valence-electron chi connectivity index (χ3n) is 3.99. The summed E-state index contributed by atoms with van der Waals surface area (Å²) < 4.78 is 0. The van der Waals surface area contributed by atoms with E-state index in [1.807, 2.05) is 32.3 Å². The van der Waals surface area contributed by atoms with Gasteiger partial charge in [-0.3, -0.25) is 4.98 Å². The van der Waals surface area contributed by atoms with Crippen molar-refractivity contribution in [2.24, 2.45) is 0 Å². The number of aromatic hydroxyl groups is 1. The van der Waals surface area contributed by atoms with Gasteiger partial charge in [0.1, 0.15) is 11.6 Å². The Morgan fingerprint density at radius 3 is 2.61 bits per heavy atom. The minimum absolute atomic E-state index is 0.0916. The van der Waals surface area contributed by atoms with Crippen LogP contribution in [0.25, 0.3) is 11.3 Å². The fourth-order valence-corrected chi connectivity index (χ4v) is 2.77. The summed E-state index contributed by atoms with van der Waals surface area (Å²) in [6, 6.07) is 10.4. The minimum Gasteiger partial charge on any atom is -0.506 e. The first-order valence-corrected chi connectivity index (χ1v) is 9.32. The number of nitrogens with zero attached hydrogens (tertiary/aromatic N) is 4. The highest BCUT2D eigenvalue weighted by molar-refractivity contribution is 6.31. The summed E-state index contributed by atoms with van der Waals surface area (Å²) in [7, 11) is 4.08. The molecule has 2 heterocycles. The molecule has 8 heteroatoms. The van der Waals surface area contributed by atoms with Crippen LogP contribution in [0.3, 0.4) is 0 Å². The number of nitrogens with one attached hydrogen (secondary N) is 2. The van der Waals surface area contributed by atoms with Gasteiger partial charge in [-0.05, 0) is 57.4 Å². The van der Waals surface area contributed by atoms with E-state index in [1.54, 1.807) is 24.5 Å². The molecule has 0 saturated carbocycles. The first-order chi connectivity index (χ1) is 13.5. The molecule has 0 unspecified atom stereocenters. The second-order valence-corrected chi connectivity index (χ2v) is 7.00. The van der Waals surface area contributed by atoms with Crippen LogP contribution in [-0.4, -0.2) is 52.1 Å². The molecule has 0 radical (unpaired) electrons. The van der Waals surface area contributed by atoms with E-state index in [0.717, 1.165) is 30.8 Å². The van der Waals surface area contributed by atoms with Gasteiger partial charge in [0, 0.05) is 35.6 Å². The predicted molar refractivity (Wildman–Crippen MR) is 113 cm³/mol. The zero-order valence-corrected chi connectivity index (χ0v) is 16.6. The number of hydrogen-bond donors (Lipinski definition) is 3. The molecule has 3 aromatic rings. The molecule has 0 aliphatic rings. The van der Waals surface area contributed by atoms with Gasteiger partial charge >= 0.3 is 0 Å². The van der Waals surface area contributed by atoms with E-state index in [4.69, 9.17) is 11.6 Å². The zero-order chi connectivity index (χ0) is 19.9. The third kappa shape index (κ3) is 5.55. The Morgan fingerprint density at radius 1 is 1.07 bits per heavy atom. The Balaban J connectivity index is 1.87. The standard InChI is InChI=1S/C20H23ClN6O/c1-27(2)11-3-8-23-20-25-16(14-6-9-22-10-7-14)13-19(26-20)24-17-12-15(21)4-5-18(17)28/h4-7,9-10,12-13,28H,3,8,11H2,1-2H3,(H2,23,24,25,26). The summed E-state index contributed by atoms with van der Waals surface area (Å²) in [5, 5.41) is 17.0. The summed E-state index contributed by atoms with van der Waals surface area (Å²) in [6.07, 6.45) is 4.41.